The van der Waals surface area contributed by atoms with E-state index in [1.807, 2.05) is 0 Å². The second-order valence-corrected chi connectivity index (χ2v) is 8.36. The predicted molar refractivity (Wildman–Crippen MR) is 105 cm³/mol. The van der Waals surface area contributed by atoms with Crippen LogP contribution in [-0.2, 0) is 14.8 Å². The summed E-state index contributed by atoms with van der Waals surface area (Å²) in [5, 5.41) is 0. The summed E-state index contributed by atoms with van der Waals surface area (Å²) in [5.74, 6) is 1.07. The molecule has 0 spiro atoms. The van der Waals surface area contributed by atoms with E-state index in [4.69, 9.17) is 9.15 Å². The van der Waals surface area contributed by atoms with Gasteiger partial charge in [-0.25, -0.2) is 13.1 Å². The predicted octanol–water partition coefficient (Wildman–Crippen LogP) is 2.52. The number of hydrogen-bond acceptors (Lipinski definition) is 5. The molecule has 1 aliphatic rings. The van der Waals surface area contributed by atoms with Gasteiger partial charge in [0.15, 0.2) is 0 Å². The van der Waals surface area contributed by atoms with Crippen molar-refractivity contribution in [2.75, 3.05) is 26.7 Å². The van der Waals surface area contributed by atoms with Crippen LogP contribution in [-0.4, -0.2) is 46.0 Å². The summed E-state index contributed by atoms with van der Waals surface area (Å²) in [5.41, 5.74) is 0. The van der Waals surface area contributed by atoms with E-state index in [2.05, 4.69) is 4.72 Å². The molecule has 1 saturated heterocycles. The van der Waals surface area contributed by atoms with E-state index in [1.54, 1.807) is 47.6 Å². The minimum atomic E-state index is -3.64. The van der Waals surface area contributed by atoms with Gasteiger partial charge in [-0.3, -0.25) is 4.79 Å². The van der Waals surface area contributed by atoms with Crippen LogP contribution in [0.25, 0.3) is 6.08 Å². The molecule has 1 aromatic heterocycles. The lowest BCUT2D eigenvalue weighted by Gasteiger charge is -2.31. The topological polar surface area (TPSA) is 88.9 Å². The molecule has 1 fully saturated rings. The summed E-state index contributed by atoms with van der Waals surface area (Å²) >= 11 is 0. The lowest BCUT2D eigenvalue weighted by molar-refractivity contribution is -0.127. The number of nitrogens with one attached hydrogen (secondary N) is 1. The maximum atomic E-state index is 12.6. The molecule has 3 rings (SSSR count). The van der Waals surface area contributed by atoms with Crippen molar-refractivity contribution in [3.05, 3.63) is 54.5 Å². The Kier molecular flexibility index (Phi) is 6.53. The molecule has 1 aliphatic heterocycles. The highest BCUT2D eigenvalue weighted by Crippen LogP contribution is 2.23. The third kappa shape index (κ3) is 5.02. The number of para-hydroxylation sites is 1. The molecule has 7 nitrogen and oxygen atoms in total. The van der Waals surface area contributed by atoms with Gasteiger partial charge in [-0.1, -0.05) is 12.1 Å². The molecule has 1 amide bonds. The van der Waals surface area contributed by atoms with Crippen molar-refractivity contribution in [1.82, 2.24) is 9.62 Å². The Bertz CT molecular complexity index is 914. The lowest BCUT2D eigenvalue weighted by Crippen LogP contribution is -2.41. The lowest BCUT2D eigenvalue weighted by atomic mass is 9.97. The fourth-order valence-corrected chi connectivity index (χ4v) is 4.43. The second kappa shape index (κ2) is 9.07. The van der Waals surface area contributed by atoms with E-state index in [9.17, 15) is 13.2 Å². The summed E-state index contributed by atoms with van der Waals surface area (Å²) in [4.78, 5) is 14.1. The van der Waals surface area contributed by atoms with Crippen LogP contribution in [0, 0.1) is 5.92 Å². The average molecular weight is 404 g/mol. The number of furan rings is 1. The normalized spacial score (nSPS) is 15.8. The maximum absolute atomic E-state index is 12.6. The van der Waals surface area contributed by atoms with Crippen molar-refractivity contribution in [2.45, 2.75) is 17.7 Å². The van der Waals surface area contributed by atoms with Crippen LogP contribution in [0.5, 0.6) is 5.75 Å². The Morgan fingerprint density at radius 1 is 1.25 bits per heavy atom. The molecule has 0 bridgehead atoms. The number of carbonyl (C=O) groups excluding carboxylic acids is 1. The molecule has 150 valence electrons. The van der Waals surface area contributed by atoms with E-state index >= 15 is 0 Å². The van der Waals surface area contributed by atoms with Crippen LogP contribution in [0.15, 0.2) is 58.1 Å². The molecule has 28 heavy (non-hydrogen) atoms. The van der Waals surface area contributed by atoms with Crippen molar-refractivity contribution in [3.63, 3.8) is 0 Å². The minimum Gasteiger partial charge on any atom is -0.495 e. The van der Waals surface area contributed by atoms with Gasteiger partial charge in [0.05, 0.1) is 13.4 Å². The van der Waals surface area contributed by atoms with Crippen LogP contribution >= 0.6 is 0 Å². The molecule has 2 aromatic rings. The first-order valence-corrected chi connectivity index (χ1v) is 10.6. The molecular formula is C20H24N2O5S. The van der Waals surface area contributed by atoms with Gasteiger partial charge in [0.2, 0.25) is 15.9 Å². The summed E-state index contributed by atoms with van der Waals surface area (Å²) in [6.45, 7) is 1.54. The van der Waals surface area contributed by atoms with Crippen LogP contribution in [0.2, 0.25) is 0 Å². The number of benzene rings is 1. The quantitative estimate of drug-likeness (QED) is 0.717. The zero-order chi connectivity index (χ0) is 20.0. The van der Waals surface area contributed by atoms with E-state index < -0.39 is 10.0 Å². The standard InChI is InChI=1S/C20H24N2O5S/c1-26-18-6-2-3-7-19(18)28(24,25)21-15-16-10-12-22(13-11-16)20(23)9-8-17-5-4-14-27-17/h2-9,14,16,21H,10-13,15H2,1H3/b9-8+. The third-order valence-electron chi connectivity index (χ3n) is 4.78. The molecule has 2 heterocycles. The largest absolute Gasteiger partial charge is 0.495 e. The van der Waals surface area contributed by atoms with Gasteiger partial charge < -0.3 is 14.1 Å². The van der Waals surface area contributed by atoms with Crippen LogP contribution in [0.1, 0.15) is 18.6 Å². The first-order valence-electron chi connectivity index (χ1n) is 9.13. The van der Waals surface area contributed by atoms with Crippen molar-refractivity contribution in [2.24, 2.45) is 5.92 Å². The Balaban J connectivity index is 1.49. The first kappa shape index (κ1) is 20.2. The summed E-state index contributed by atoms with van der Waals surface area (Å²) < 4.78 is 38.1. The minimum absolute atomic E-state index is 0.0653. The Morgan fingerprint density at radius 3 is 2.68 bits per heavy atom. The average Bonchev–Trinajstić information content (AvgIpc) is 3.24. The van der Waals surface area contributed by atoms with E-state index in [-0.39, 0.29) is 16.7 Å². The highest BCUT2D eigenvalue weighted by atomic mass is 32.2. The van der Waals surface area contributed by atoms with Crippen molar-refractivity contribution >= 4 is 22.0 Å². The molecule has 0 saturated carbocycles. The zero-order valence-corrected chi connectivity index (χ0v) is 16.5. The third-order valence-corrected chi connectivity index (χ3v) is 6.24. The number of piperidine rings is 1. The number of rotatable bonds is 7. The smallest absolute Gasteiger partial charge is 0.246 e. The fraction of sp³-hybridized carbons (Fsp3) is 0.350. The summed E-state index contributed by atoms with van der Waals surface area (Å²) in [7, 11) is -2.20. The maximum Gasteiger partial charge on any atom is 0.246 e. The molecule has 0 radical (unpaired) electrons. The molecule has 0 atom stereocenters. The molecular weight excluding hydrogens is 380 g/mol. The number of methoxy groups -OCH3 is 1. The number of nitrogens with zero attached hydrogens (tertiary/aromatic N) is 1. The Labute approximate surface area is 165 Å². The number of hydrogen-bond donors (Lipinski definition) is 1. The van der Waals surface area contributed by atoms with Crippen LogP contribution < -0.4 is 9.46 Å². The van der Waals surface area contributed by atoms with E-state index in [0.717, 1.165) is 12.8 Å². The van der Waals surface area contributed by atoms with Gasteiger partial charge in [0.1, 0.15) is 16.4 Å². The molecule has 1 N–H and O–H groups in total. The van der Waals surface area contributed by atoms with Gasteiger partial charge in [-0.15, -0.1) is 0 Å². The number of ether oxygens (including phenoxy) is 1. The van der Waals surface area contributed by atoms with Crippen molar-refractivity contribution in [3.8, 4) is 5.75 Å². The number of sulfonamides is 1. The first-order chi connectivity index (χ1) is 13.5. The van der Waals surface area contributed by atoms with Gasteiger partial charge in [0, 0.05) is 25.7 Å². The zero-order valence-electron chi connectivity index (χ0n) is 15.7. The SMILES string of the molecule is COc1ccccc1S(=O)(=O)NCC1CCN(C(=O)/C=C/c2ccco2)CC1. The summed E-state index contributed by atoms with van der Waals surface area (Å²) in [6, 6.07) is 10.1. The highest BCUT2D eigenvalue weighted by molar-refractivity contribution is 7.89. The van der Waals surface area contributed by atoms with Gasteiger partial charge in [-0.05, 0) is 49.1 Å². The number of amides is 1. The second-order valence-electron chi connectivity index (χ2n) is 6.62. The fourth-order valence-electron chi connectivity index (χ4n) is 3.15. The Morgan fingerprint density at radius 2 is 2.00 bits per heavy atom. The molecule has 1 aromatic carbocycles. The van der Waals surface area contributed by atoms with Gasteiger partial charge in [0.25, 0.3) is 0 Å². The molecule has 0 aliphatic carbocycles. The Hall–Kier alpha value is -2.58. The number of carbonyl (C=O) groups is 1. The number of likely N-dealkylation sites (tertiary alicyclic amines) is 1. The van der Waals surface area contributed by atoms with Crippen molar-refractivity contribution in [1.29, 1.82) is 0 Å². The van der Waals surface area contributed by atoms with E-state index in [0.29, 0.717) is 31.1 Å². The highest BCUT2D eigenvalue weighted by Gasteiger charge is 2.24. The van der Waals surface area contributed by atoms with Gasteiger partial charge >= 0.3 is 0 Å². The van der Waals surface area contributed by atoms with Crippen molar-refractivity contribution < 1.29 is 22.4 Å². The van der Waals surface area contributed by atoms with Gasteiger partial charge in [-0.2, -0.15) is 0 Å². The van der Waals surface area contributed by atoms with E-state index in [1.165, 1.54) is 19.3 Å². The van der Waals surface area contributed by atoms with Crippen LogP contribution in [0.3, 0.4) is 0 Å². The molecule has 8 heteroatoms. The molecule has 0 unspecified atom stereocenters. The van der Waals surface area contributed by atoms with Crippen LogP contribution in [0.4, 0.5) is 0 Å². The summed E-state index contributed by atoms with van der Waals surface area (Å²) in [6.07, 6.45) is 6.20. The monoisotopic (exact) mass is 404 g/mol.